The molecular formula is C20H35NO4. The molecular weight excluding hydrogens is 318 g/mol. The zero-order chi connectivity index (χ0) is 18.1. The Hall–Kier alpha value is -1.26. The number of carbonyl (C=O) groups excluding carboxylic acids is 2. The van der Waals surface area contributed by atoms with Gasteiger partial charge in [-0.3, -0.25) is 4.79 Å². The molecule has 5 heteroatoms. The van der Waals surface area contributed by atoms with Gasteiger partial charge in [0.15, 0.2) is 0 Å². The van der Waals surface area contributed by atoms with E-state index in [1.165, 1.54) is 25.7 Å². The van der Waals surface area contributed by atoms with Crippen LogP contribution in [0.2, 0.25) is 0 Å². The highest BCUT2D eigenvalue weighted by Gasteiger charge is 2.38. The van der Waals surface area contributed by atoms with Crippen LogP contribution in [0.15, 0.2) is 0 Å². The number of hydrogen-bond acceptors (Lipinski definition) is 4. The van der Waals surface area contributed by atoms with E-state index in [-0.39, 0.29) is 24.1 Å². The van der Waals surface area contributed by atoms with E-state index in [9.17, 15) is 9.59 Å². The maximum Gasteiger partial charge on any atom is 0.410 e. The van der Waals surface area contributed by atoms with Gasteiger partial charge in [0.25, 0.3) is 0 Å². The first-order valence-electron chi connectivity index (χ1n) is 10.3. The molecule has 0 aliphatic heterocycles. The average molecular weight is 354 g/mol. The molecule has 1 amide bonds. The normalized spacial score (nSPS) is 20.7. The van der Waals surface area contributed by atoms with Crippen LogP contribution >= 0.6 is 0 Å². The fourth-order valence-electron chi connectivity index (χ4n) is 4.51. The number of ether oxygens (including phenoxy) is 2. The summed E-state index contributed by atoms with van der Waals surface area (Å²) < 4.78 is 10.6. The van der Waals surface area contributed by atoms with Crippen molar-refractivity contribution >= 4 is 12.1 Å². The quantitative estimate of drug-likeness (QED) is 0.624. The van der Waals surface area contributed by atoms with Crippen LogP contribution in [0.25, 0.3) is 0 Å². The highest BCUT2D eigenvalue weighted by atomic mass is 16.6. The lowest BCUT2D eigenvalue weighted by molar-refractivity contribution is -0.145. The second-order valence-electron chi connectivity index (χ2n) is 7.37. The molecule has 2 saturated carbocycles. The fourth-order valence-corrected chi connectivity index (χ4v) is 4.51. The van der Waals surface area contributed by atoms with Crippen LogP contribution in [-0.4, -0.2) is 42.3 Å². The van der Waals surface area contributed by atoms with Crippen LogP contribution in [0.3, 0.4) is 0 Å². The molecule has 144 valence electrons. The van der Waals surface area contributed by atoms with Crippen LogP contribution in [-0.2, 0) is 14.3 Å². The molecule has 0 heterocycles. The summed E-state index contributed by atoms with van der Waals surface area (Å²) in [6, 6.07) is 0.121. The zero-order valence-electron chi connectivity index (χ0n) is 16.0. The van der Waals surface area contributed by atoms with Gasteiger partial charge >= 0.3 is 12.1 Å². The maximum absolute atomic E-state index is 12.8. The highest BCUT2D eigenvalue weighted by molar-refractivity contribution is 5.73. The van der Waals surface area contributed by atoms with Crippen LogP contribution in [0.5, 0.6) is 0 Å². The topological polar surface area (TPSA) is 55.8 Å². The number of amides is 1. The molecule has 2 aliphatic rings. The van der Waals surface area contributed by atoms with Gasteiger partial charge < -0.3 is 14.4 Å². The number of hydrogen-bond donors (Lipinski definition) is 0. The Labute approximate surface area is 152 Å². The first-order chi connectivity index (χ1) is 12.2. The number of nitrogens with zero attached hydrogens (tertiary/aromatic N) is 1. The summed E-state index contributed by atoms with van der Waals surface area (Å²) >= 11 is 0. The third-order valence-corrected chi connectivity index (χ3v) is 5.68. The molecule has 0 spiro atoms. The summed E-state index contributed by atoms with van der Waals surface area (Å²) in [5.74, 6) is 0.188. The Morgan fingerprint density at radius 3 is 2.00 bits per heavy atom. The Balaban J connectivity index is 2.21. The summed E-state index contributed by atoms with van der Waals surface area (Å²) in [5, 5.41) is 0. The lowest BCUT2D eigenvalue weighted by Gasteiger charge is -2.43. The minimum absolute atomic E-state index is 0.0819. The highest BCUT2D eigenvalue weighted by Crippen LogP contribution is 2.35. The van der Waals surface area contributed by atoms with E-state index in [1.54, 1.807) is 0 Å². The van der Waals surface area contributed by atoms with Crippen LogP contribution in [0.4, 0.5) is 4.79 Å². The third kappa shape index (κ3) is 5.89. The van der Waals surface area contributed by atoms with Crippen molar-refractivity contribution < 1.29 is 19.1 Å². The van der Waals surface area contributed by atoms with Crippen molar-refractivity contribution in [2.75, 3.05) is 13.2 Å². The Bertz CT molecular complexity index is 414. The van der Waals surface area contributed by atoms with Gasteiger partial charge in [0.2, 0.25) is 0 Å². The molecule has 2 fully saturated rings. The Morgan fingerprint density at radius 2 is 1.44 bits per heavy atom. The second kappa shape index (κ2) is 10.7. The van der Waals surface area contributed by atoms with E-state index in [1.807, 2.05) is 18.7 Å². The zero-order valence-corrected chi connectivity index (χ0v) is 16.0. The van der Waals surface area contributed by atoms with Crippen molar-refractivity contribution in [3.8, 4) is 0 Å². The predicted octanol–water partition coefficient (Wildman–Crippen LogP) is 4.68. The molecule has 0 radical (unpaired) electrons. The van der Waals surface area contributed by atoms with Crippen molar-refractivity contribution in [2.24, 2.45) is 5.92 Å². The van der Waals surface area contributed by atoms with Crippen molar-refractivity contribution in [2.45, 2.75) is 96.6 Å². The Morgan fingerprint density at radius 1 is 0.880 bits per heavy atom. The van der Waals surface area contributed by atoms with E-state index in [4.69, 9.17) is 9.47 Å². The number of esters is 1. The lowest BCUT2D eigenvalue weighted by atomic mass is 9.80. The average Bonchev–Trinajstić information content (AvgIpc) is 2.63. The molecule has 2 aliphatic carbocycles. The molecule has 0 saturated heterocycles. The number of rotatable bonds is 7. The van der Waals surface area contributed by atoms with E-state index in [0.717, 1.165) is 38.5 Å². The molecule has 1 unspecified atom stereocenters. The Kier molecular flexibility index (Phi) is 8.56. The van der Waals surface area contributed by atoms with Crippen molar-refractivity contribution in [3.63, 3.8) is 0 Å². The predicted molar refractivity (Wildman–Crippen MR) is 97.3 cm³/mol. The SMILES string of the molecule is CCOC(=O)CC(C1CCCCC1)N(C(=O)OCC)C1CCCCC1. The van der Waals surface area contributed by atoms with Crippen LogP contribution in [0, 0.1) is 5.92 Å². The van der Waals surface area contributed by atoms with Gasteiger partial charge in [-0.15, -0.1) is 0 Å². The van der Waals surface area contributed by atoms with Crippen LogP contribution in [0.1, 0.15) is 84.5 Å². The first-order valence-corrected chi connectivity index (χ1v) is 10.3. The van der Waals surface area contributed by atoms with E-state index >= 15 is 0 Å². The summed E-state index contributed by atoms with van der Waals surface area (Å²) in [4.78, 5) is 27.0. The van der Waals surface area contributed by atoms with Gasteiger partial charge in [-0.2, -0.15) is 0 Å². The summed E-state index contributed by atoms with van der Waals surface area (Å²) in [6.45, 7) is 4.44. The molecule has 0 aromatic rings. The minimum Gasteiger partial charge on any atom is -0.466 e. The van der Waals surface area contributed by atoms with Crippen molar-refractivity contribution in [1.82, 2.24) is 4.90 Å². The van der Waals surface area contributed by atoms with Gasteiger partial charge in [-0.1, -0.05) is 38.5 Å². The molecule has 0 aromatic heterocycles. The third-order valence-electron chi connectivity index (χ3n) is 5.68. The van der Waals surface area contributed by atoms with Crippen molar-refractivity contribution in [3.05, 3.63) is 0 Å². The molecule has 25 heavy (non-hydrogen) atoms. The minimum atomic E-state index is -0.241. The fraction of sp³-hybridized carbons (Fsp3) is 0.900. The molecule has 5 nitrogen and oxygen atoms in total. The van der Waals surface area contributed by atoms with E-state index in [0.29, 0.717) is 25.6 Å². The van der Waals surface area contributed by atoms with Gasteiger partial charge in [-0.05, 0) is 45.4 Å². The van der Waals surface area contributed by atoms with E-state index < -0.39 is 0 Å². The molecule has 1 atom stereocenters. The first kappa shape index (κ1) is 20.1. The number of carbonyl (C=O) groups is 2. The smallest absolute Gasteiger partial charge is 0.410 e. The summed E-state index contributed by atoms with van der Waals surface area (Å²) in [7, 11) is 0. The van der Waals surface area contributed by atoms with E-state index in [2.05, 4.69) is 0 Å². The molecule has 0 bridgehead atoms. The summed E-state index contributed by atoms with van der Waals surface area (Å²) in [5.41, 5.74) is 0. The molecule has 2 rings (SSSR count). The largest absolute Gasteiger partial charge is 0.466 e. The van der Waals surface area contributed by atoms with Gasteiger partial charge in [0.1, 0.15) is 0 Å². The summed E-state index contributed by atoms with van der Waals surface area (Å²) in [6.07, 6.45) is 11.4. The van der Waals surface area contributed by atoms with Gasteiger partial charge in [0, 0.05) is 12.1 Å². The van der Waals surface area contributed by atoms with Gasteiger partial charge in [0.05, 0.1) is 19.6 Å². The second-order valence-corrected chi connectivity index (χ2v) is 7.37. The van der Waals surface area contributed by atoms with Gasteiger partial charge in [-0.25, -0.2) is 4.79 Å². The standard InChI is InChI=1S/C20H35NO4/c1-3-24-19(22)15-18(16-11-7-5-8-12-16)21(20(23)25-4-2)17-13-9-6-10-14-17/h16-18H,3-15H2,1-2H3. The monoisotopic (exact) mass is 353 g/mol. The van der Waals surface area contributed by atoms with Crippen LogP contribution < -0.4 is 0 Å². The molecule has 0 aromatic carbocycles. The maximum atomic E-state index is 12.8. The lowest BCUT2D eigenvalue weighted by Crippen LogP contribution is -2.52. The molecule has 0 N–H and O–H groups in total. The van der Waals surface area contributed by atoms with Crippen molar-refractivity contribution in [1.29, 1.82) is 0 Å².